The minimum atomic E-state index is -0.541. The molecule has 1 fully saturated rings. The minimum absolute atomic E-state index is 0.0550. The van der Waals surface area contributed by atoms with Crippen LogP contribution in [0.2, 0.25) is 5.02 Å². The van der Waals surface area contributed by atoms with Crippen LogP contribution in [0.4, 0.5) is 16.0 Å². The number of halogens is 2. The molecule has 146 valence electrons. The fraction of sp³-hybridized carbons (Fsp3) is 0.278. The fourth-order valence-corrected chi connectivity index (χ4v) is 3.21. The number of amidine groups is 1. The van der Waals surface area contributed by atoms with E-state index in [1.165, 1.54) is 18.2 Å². The number of nitrogens with zero attached hydrogens (tertiary/aromatic N) is 3. The van der Waals surface area contributed by atoms with Crippen LogP contribution in [0.25, 0.3) is 11.2 Å². The lowest BCUT2D eigenvalue weighted by Crippen LogP contribution is -2.20. The van der Waals surface area contributed by atoms with Crippen molar-refractivity contribution in [1.82, 2.24) is 20.4 Å². The zero-order valence-corrected chi connectivity index (χ0v) is 15.5. The predicted octanol–water partition coefficient (Wildman–Crippen LogP) is 3.40. The number of fused-ring (bicyclic) bond motifs is 1. The van der Waals surface area contributed by atoms with Gasteiger partial charge in [-0.25, -0.2) is 14.4 Å². The maximum absolute atomic E-state index is 13.4. The van der Waals surface area contributed by atoms with Crippen LogP contribution in [0, 0.1) is 5.82 Å². The number of pyridine rings is 1. The molecule has 0 spiro atoms. The summed E-state index contributed by atoms with van der Waals surface area (Å²) < 4.78 is 18.9. The lowest BCUT2D eigenvalue weighted by molar-refractivity contribution is 0.120. The monoisotopic (exact) mass is 404 g/mol. The number of hydroxylamine groups is 1. The van der Waals surface area contributed by atoms with Crippen molar-refractivity contribution in [3.05, 3.63) is 46.9 Å². The molecule has 0 amide bonds. The summed E-state index contributed by atoms with van der Waals surface area (Å²) in [5.41, 5.74) is 4.06. The Morgan fingerprint density at radius 1 is 1.43 bits per heavy atom. The molecule has 1 atom stereocenters. The number of anilines is 1. The standard InChI is InChI=1S/C18H18ClFN6O2/c19-13-8-10(3-4-14(13)20)23-16(26-27)12-5-6-21-17-15(12)24-18(25-17)22-9-11-2-1-7-28-11/h3-6,8,11,27H,1-2,7,9H2,(H,23,26)(H2,21,22,24,25). The molecule has 4 rings (SSSR count). The Morgan fingerprint density at radius 3 is 3.07 bits per heavy atom. The van der Waals surface area contributed by atoms with Crippen molar-refractivity contribution in [3.8, 4) is 0 Å². The molecule has 0 bridgehead atoms. The second-order valence-corrected chi connectivity index (χ2v) is 6.74. The molecule has 0 saturated carbocycles. The zero-order valence-electron chi connectivity index (χ0n) is 14.7. The van der Waals surface area contributed by atoms with Gasteiger partial charge in [0.2, 0.25) is 5.95 Å². The van der Waals surface area contributed by atoms with E-state index in [0.717, 1.165) is 19.4 Å². The topological polar surface area (TPSA) is 107 Å². The molecule has 4 N–H and O–H groups in total. The number of hydrogen-bond donors (Lipinski definition) is 4. The van der Waals surface area contributed by atoms with Crippen LogP contribution in [-0.2, 0) is 4.74 Å². The van der Waals surface area contributed by atoms with Crippen LogP contribution in [0.1, 0.15) is 18.4 Å². The number of hydrogen-bond acceptors (Lipinski definition) is 6. The summed E-state index contributed by atoms with van der Waals surface area (Å²) in [5, 5.41) is 12.8. The van der Waals surface area contributed by atoms with Gasteiger partial charge in [0.1, 0.15) is 5.82 Å². The summed E-state index contributed by atoms with van der Waals surface area (Å²) in [5.74, 6) is 0.151. The van der Waals surface area contributed by atoms with Crippen LogP contribution < -0.4 is 10.8 Å². The lowest BCUT2D eigenvalue weighted by Gasteiger charge is -2.09. The fourth-order valence-electron chi connectivity index (χ4n) is 3.04. The van der Waals surface area contributed by atoms with Crippen molar-refractivity contribution in [2.45, 2.75) is 18.9 Å². The SMILES string of the molecule is ONC(=Nc1ccc(F)c(Cl)c1)c1ccnc2nc(NCC3CCCO3)[nH]c12. The van der Waals surface area contributed by atoms with Crippen molar-refractivity contribution >= 4 is 40.2 Å². The maximum Gasteiger partial charge on any atom is 0.202 e. The maximum atomic E-state index is 13.4. The number of rotatable bonds is 5. The van der Waals surface area contributed by atoms with Crippen molar-refractivity contribution in [3.63, 3.8) is 0 Å². The first-order valence-electron chi connectivity index (χ1n) is 8.78. The normalized spacial score (nSPS) is 17.2. The van der Waals surface area contributed by atoms with E-state index in [4.69, 9.17) is 16.3 Å². The third-order valence-electron chi connectivity index (χ3n) is 4.42. The van der Waals surface area contributed by atoms with E-state index >= 15 is 0 Å². The number of imidazole rings is 1. The number of aliphatic imine (C=N–C) groups is 1. The molecular weight excluding hydrogens is 387 g/mol. The van der Waals surface area contributed by atoms with Crippen LogP contribution in [0.5, 0.6) is 0 Å². The van der Waals surface area contributed by atoms with Crippen LogP contribution in [-0.4, -0.2) is 45.3 Å². The van der Waals surface area contributed by atoms with Gasteiger partial charge in [-0.3, -0.25) is 10.7 Å². The van der Waals surface area contributed by atoms with Gasteiger partial charge in [0.05, 0.1) is 22.3 Å². The predicted molar refractivity (Wildman–Crippen MR) is 104 cm³/mol. The van der Waals surface area contributed by atoms with Gasteiger partial charge in [-0.05, 0) is 37.1 Å². The van der Waals surface area contributed by atoms with E-state index in [9.17, 15) is 9.60 Å². The molecule has 1 aliphatic rings. The van der Waals surface area contributed by atoms with Crippen LogP contribution in [0.15, 0.2) is 35.5 Å². The highest BCUT2D eigenvalue weighted by Gasteiger charge is 2.17. The van der Waals surface area contributed by atoms with Gasteiger partial charge >= 0.3 is 0 Å². The number of ether oxygens (including phenoxy) is 1. The third-order valence-corrected chi connectivity index (χ3v) is 4.71. The quantitative estimate of drug-likeness (QED) is 0.295. The van der Waals surface area contributed by atoms with Gasteiger partial charge in [0.25, 0.3) is 0 Å². The molecule has 0 radical (unpaired) electrons. The van der Waals surface area contributed by atoms with Gasteiger partial charge in [-0.1, -0.05) is 11.6 Å². The Hall–Kier alpha value is -2.75. The Kier molecular flexibility index (Phi) is 5.38. The largest absolute Gasteiger partial charge is 0.376 e. The van der Waals surface area contributed by atoms with E-state index in [0.29, 0.717) is 34.9 Å². The third kappa shape index (κ3) is 3.91. The molecule has 1 aromatic carbocycles. The number of benzene rings is 1. The first-order chi connectivity index (χ1) is 13.6. The summed E-state index contributed by atoms with van der Waals surface area (Å²) in [6, 6.07) is 5.71. The van der Waals surface area contributed by atoms with Gasteiger partial charge in [0.15, 0.2) is 11.5 Å². The smallest absolute Gasteiger partial charge is 0.202 e. The number of nitrogens with one attached hydrogen (secondary N) is 3. The first-order valence-corrected chi connectivity index (χ1v) is 9.16. The van der Waals surface area contributed by atoms with E-state index in [1.807, 2.05) is 0 Å². The molecule has 28 heavy (non-hydrogen) atoms. The molecular formula is C18H18ClFN6O2. The summed E-state index contributed by atoms with van der Waals surface area (Å²) >= 11 is 5.80. The van der Waals surface area contributed by atoms with Crippen LogP contribution in [0.3, 0.4) is 0 Å². The molecule has 8 nitrogen and oxygen atoms in total. The zero-order chi connectivity index (χ0) is 19.5. The highest BCUT2D eigenvalue weighted by atomic mass is 35.5. The van der Waals surface area contributed by atoms with Crippen molar-refractivity contribution < 1.29 is 14.3 Å². The van der Waals surface area contributed by atoms with Gasteiger partial charge < -0.3 is 15.0 Å². The average Bonchev–Trinajstić information content (AvgIpc) is 3.36. The van der Waals surface area contributed by atoms with Crippen molar-refractivity contribution in [2.75, 3.05) is 18.5 Å². The Bertz CT molecular complexity index is 1020. The number of H-pyrrole nitrogens is 1. The molecule has 1 unspecified atom stereocenters. The summed E-state index contributed by atoms with van der Waals surface area (Å²) in [7, 11) is 0. The highest BCUT2D eigenvalue weighted by molar-refractivity contribution is 6.31. The van der Waals surface area contributed by atoms with Crippen molar-refractivity contribution in [2.24, 2.45) is 4.99 Å². The molecule has 0 aliphatic carbocycles. The molecule has 3 heterocycles. The second kappa shape index (κ2) is 8.09. The van der Waals surface area contributed by atoms with Crippen LogP contribution >= 0.6 is 11.6 Å². The first kappa shape index (κ1) is 18.6. The molecule has 1 aliphatic heterocycles. The summed E-state index contributed by atoms with van der Waals surface area (Å²) in [6.45, 7) is 1.43. The summed E-state index contributed by atoms with van der Waals surface area (Å²) in [4.78, 5) is 16.1. The Balaban J connectivity index is 1.64. The lowest BCUT2D eigenvalue weighted by atomic mass is 10.2. The van der Waals surface area contributed by atoms with Crippen molar-refractivity contribution in [1.29, 1.82) is 0 Å². The average molecular weight is 405 g/mol. The highest BCUT2D eigenvalue weighted by Crippen LogP contribution is 2.24. The summed E-state index contributed by atoms with van der Waals surface area (Å²) in [6.07, 6.45) is 3.81. The number of aromatic amines is 1. The van der Waals surface area contributed by atoms with Gasteiger partial charge in [-0.2, -0.15) is 4.98 Å². The van der Waals surface area contributed by atoms with Gasteiger partial charge in [-0.15, -0.1) is 0 Å². The molecule has 3 aromatic rings. The molecule has 1 saturated heterocycles. The minimum Gasteiger partial charge on any atom is -0.376 e. The Morgan fingerprint density at radius 2 is 2.32 bits per heavy atom. The second-order valence-electron chi connectivity index (χ2n) is 6.33. The Labute approximate surface area is 164 Å². The van der Waals surface area contributed by atoms with E-state index in [2.05, 4.69) is 30.7 Å². The van der Waals surface area contributed by atoms with Gasteiger partial charge in [0, 0.05) is 24.9 Å². The van der Waals surface area contributed by atoms with E-state index in [-0.39, 0.29) is 17.0 Å². The molecule has 10 heteroatoms. The van der Waals surface area contributed by atoms with E-state index < -0.39 is 5.82 Å². The molecule has 2 aromatic heterocycles. The van der Waals surface area contributed by atoms with E-state index in [1.54, 1.807) is 12.3 Å². The number of aromatic nitrogens is 3.